The third kappa shape index (κ3) is 4.33. The maximum Gasteiger partial charge on any atom is 0.0722 e. The van der Waals surface area contributed by atoms with Gasteiger partial charge in [-0.05, 0) is 61.7 Å². The Morgan fingerprint density at radius 2 is 1.50 bits per heavy atom. The summed E-state index contributed by atoms with van der Waals surface area (Å²) in [5.41, 5.74) is 8.05. The summed E-state index contributed by atoms with van der Waals surface area (Å²) in [6.45, 7) is 8.46. The molecule has 4 aromatic carbocycles. The van der Waals surface area contributed by atoms with E-state index in [-0.39, 0.29) is 0 Å². The third-order valence-corrected chi connectivity index (χ3v) is 9.79. The van der Waals surface area contributed by atoms with Crippen LogP contribution < -0.4 is 15.5 Å². The van der Waals surface area contributed by atoms with Crippen molar-refractivity contribution in [1.82, 2.24) is 4.57 Å². The largest absolute Gasteiger partial charge is 0.336 e. The monoisotopic (exact) mass is 562 g/mol. The van der Waals surface area contributed by atoms with Gasteiger partial charge in [-0.2, -0.15) is 0 Å². The van der Waals surface area contributed by atoms with E-state index in [9.17, 15) is 0 Å². The van der Waals surface area contributed by atoms with E-state index in [1.54, 1.807) is 0 Å². The topological polar surface area (TPSA) is 8.17 Å². The lowest BCUT2D eigenvalue weighted by Crippen LogP contribution is -2.26. The number of hydrogen-bond acceptors (Lipinski definition) is 2. The molecule has 2 aliphatic rings. The highest BCUT2D eigenvalue weighted by Gasteiger charge is 2.33. The van der Waals surface area contributed by atoms with Crippen molar-refractivity contribution in [2.24, 2.45) is 0 Å². The molecule has 1 atom stereocenters. The molecule has 3 heteroatoms. The van der Waals surface area contributed by atoms with Gasteiger partial charge in [0.25, 0.3) is 0 Å². The van der Waals surface area contributed by atoms with Crippen LogP contribution in [-0.4, -0.2) is 4.57 Å². The van der Waals surface area contributed by atoms with Crippen LogP contribution in [0.25, 0.3) is 45.4 Å². The van der Waals surface area contributed by atoms with Crippen LogP contribution in [0.1, 0.15) is 42.3 Å². The normalized spacial score (nSPS) is 17.0. The Morgan fingerprint density at radius 1 is 0.786 bits per heavy atom. The molecule has 42 heavy (non-hydrogen) atoms. The zero-order chi connectivity index (χ0) is 28.6. The van der Waals surface area contributed by atoms with Gasteiger partial charge < -0.3 is 9.47 Å². The highest BCUT2D eigenvalue weighted by molar-refractivity contribution is 7.19. The lowest BCUT2D eigenvalue weighted by Gasteiger charge is -2.32. The molecule has 3 heterocycles. The van der Waals surface area contributed by atoms with Crippen LogP contribution in [0, 0.1) is 0 Å². The average molecular weight is 563 g/mol. The molecular weight excluding hydrogens is 529 g/mol. The Morgan fingerprint density at radius 3 is 2.31 bits per heavy atom. The summed E-state index contributed by atoms with van der Waals surface area (Å²) in [5.74, 6) is 0. The van der Waals surface area contributed by atoms with Gasteiger partial charge in [0.1, 0.15) is 0 Å². The van der Waals surface area contributed by atoms with Crippen LogP contribution in [0.5, 0.6) is 0 Å². The maximum atomic E-state index is 4.24. The summed E-state index contributed by atoms with van der Waals surface area (Å²) in [7, 11) is 0. The minimum absolute atomic E-state index is 0.414. The van der Waals surface area contributed by atoms with Gasteiger partial charge >= 0.3 is 0 Å². The predicted molar refractivity (Wildman–Crippen MR) is 183 cm³/mol. The summed E-state index contributed by atoms with van der Waals surface area (Å²) in [6.07, 6.45) is 11.2. The Hall–Kier alpha value is -4.60. The van der Waals surface area contributed by atoms with E-state index in [1.807, 2.05) is 17.4 Å². The van der Waals surface area contributed by atoms with E-state index in [0.29, 0.717) is 6.04 Å². The molecule has 2 nitrogen and oxygen atoms in total. The van der Waals surface area contributed by atoms with E-state index in [1.165, 1.54) is 53.6 Å². The lowest BCUT2D eigenvalue weighted by molar-refractivity contribution is 0.695. The van der Waals surface area contributed by atoms with Gasteiger partial charge in [0.15, 0.2) is 0 Å². The first-order valence-electron chi connectivity index (χ1n) is 14.7. The second-order valence-corrected chi connectivity index (χ2v) is 11.9. The number of rotatable bonds is 2. The molecule has 0 N–H and O–H groups in total. The predicted octanol–water partition coefficient (Wildman–Crippen LogP) is 9.17. The van der Waals surface area contributed by atoms with Crippen molar-refractivity contribution in [2.45, 2.75) is 32.7 Å². The highest BCUT2D eigenvalue weighted by atomic mass is 32.1. The second kappa shape index (κ2) is 11.0. The van der Waals surface area contributed by atoms with E-state index < -0.39 is 0 Å². The first-order valence-corrected chi connectivity index (χ1v) is 15.5. The summed E-state index contributed by atoms with van der Waals surface area (Å²) in [6, 6.07) is 36.9. The standard InChI is InChI=1S/C22H19NS.C17H15N/c1-2-16-14-15-8-3-5-11-19(15)23(16)20-12-7-10-18-17-9-4-6-13-21(17)24-22(18)20;1-3-15-13(2)18(14-9-5-4-6-10-14)17-12-8-7-11-16(15)17/h2-11,13,20H,12,14H2,1H3;3-12H,2H2,1H3/b16-2+;15-3-. The van der Waals surface area contributed by atoms with Crippen molar-refractivity contribution >= 4 is 56.7 Å². The Balaban J connectivity index is 0.000000143. The molecule has 206 valence electrons. The van der Waals surface area contributed by atoms with E-state index >= 15 is 0 Å². The van der Waals surface area contributed by atoms with Crippen molar-refractivity contribution in [1.29, 1.82) is 0 Å². The fourth-order valence-corrected chi connectivity index (χ4v) is 7.90. The van der Waals surface area contributed by atoms with Gasteiger partial charge in [-0.25, -0.2) is 0 Å². The number of anilines is 1. The summed E-state index contributed by atoms with van der Waals surface area (Å²) in [4.78, 5) is 4.09. The number of allylic oxidation sites excluding steroid dienone is 2. The molecule has 1 aliphatic carbocycles. The van der Waals surface area contributed by atoms with Gasteiger partial charge in [-0.3, -0.25) is 0 Å². The molecule has 6 aromatic rings. The zero-order valence-electron chi connectivity index (χ0n) is 24.1. The summed E-state index contributed by atoms with van der Waals surface area (Å²) in [5, 5.41) is 4.92. The Labute approximate surface area is 251 Å². The number of thiophene rings is 1. The minimum Gasteiger partial charge on any atom is -0.336 e. The maximum absolute atomic E-state index is 4.24. The number of para-hydroxylation sites is 3. The van der Waals surface area contributed by atoms with Gasteiger partial charge in [-0.1, -0.05) is 104 Å². The molecule has 0 spiro atoms. The molecular formula is C39H34N2S. The van der Waals surface area contributed by atoms with Crippen LogP contribution in [0.4, 0.5) is 5.69 Å². The molecule has 0 saturated heterocycles. The lowest BCUT2D eigenvalue weighted by atomic mass is 9.97. The Bertz CT molecular complexity index is 2090. The molecule has 8 rings (SSSR count). The highest BCUT2D eigenvalue weighted by Crippen LogP contribution is 2.48. The van der Waals surface area contributed by atoms with Crippen LogP contribution in [0.2, 0.25) is 0 Å². The van der Waals surface area contributed by atoms with Gasteiger partial charge in [0, 0.05) is 54.4 Å². The van der Waals surface area contributed by atoms with Crippen LogP contribution in [-0.2, 0) is 6.42 Å². The first kappa shape index (κ1) is 26.3. The van der Waals surface area contributed by atoms with Gasteiger partial charge in [-0.15, -0.1) is 11.3 Å². The first-order chi connectivity index (χ1) is 20.7. The van der Waals surface area contributed by atoms with E-state index in [2.05, 4.69) is 151 Å². The molecule has 0 amide bonds. The van der Waals surface area contributed by atoms with Crippen molar-refractivity contribution in [3.8, 4) is 5.69 Å². The van der Waals surface area contributed by atoms with E-state index in [4.69, 9.17) is 0 Å². The number of nitrogens with zero attached hydrogens (tertiary/aromatic N) is 2. The second-order valence-electron chi connectivity index (χ2n) is 10.8. The van der Waals surface area contributed by atoms with Crippen molar-refractivity contribution in [3.05, 3.63) is 148 Å². The Kier molecular flexibility index (Phi) is 6.89. The summed E-state index contributed by atoms with van der Waals surface area (Å²) >= 11 is 1.96. The van der Waals surface area contributed by atoms with Crippen LogP contribution >= 0.6 is 11.3 Å². The molecule has 0 saturated carbocycles. The van der Waals surface area contributed by atoms with Crippen molar-refractivity contribution in [3.63, 3.8) is 0 Å². The molecule has 0 bridgehead atoms. The van der Waals surface area contributed by atoms with E-state index in [0.717, 1.165) is 23.9 Å². The number of aromatic nitrogens is 1. The number of benzene rings is 4. The quantitative estimate of drug-likeness (QED) is 0.204. The fourth-order valence-electron chi connectivity index (χ4n) is 6.60. The van der Waals surface area contributed by atoms with Gasteiger partial charge in [0.05, 0.1) is 11.6 Å². The summed E-state index contributed by atoms with van der Waals surface area (Å²) < 4.78 is 3.61. The number of fused-ring (bicyclic) bond motifs is 5. The molecule has 1 aliphatic heterocycles. The molecule has 0 fully saturated rings. The molecule has 2 aromatic heterocycles. The van der Waals surface area contributed by atoms with Crippen LogP contribution in [0.3, 0.4) is 0 Å². The smallest absolute Gasteiger partial charge is 0.0722 e. The third-order valence-electron chi connectivity index (χ3n) is 8.51. The van der Waals surface area contributed by atoms with Crippen molar-refractivity contribution in [2.75, 3.05) is 4.90 Å². The average Bonchev–Trinajstić information content (AvgIpc) is 3.70. The number of hydrogen-bond donors (Lipinski definition) is 0. The van der Waals surface area contributed by atoms with Crippen molar-refractivity contribution < 1.29 is 0 Å². The fraction of sp³-hybridized carbons (Fsp3) is 0.128. The van der Waals surface area contributed by atoms with Gasteiger partial charge in [0.2, 0.25) is 0 Å². The SMILES string of the molecule is C/C=C1\Cc2ccccc2N1C1CC=Cc2c1sc1ccccc21.C=c1/c(=C/C)c2ccccc2n1-c1ccccc1. The minimum atomic E-state index is 0.414. The molecule has 1 unspecified atom stereocenters. The zero-order valence-corrected chi connectivity index (χ0v) is 24.9. The van der Waals surface area contributed by atoms with Crippen LogP contribution in [0.15, 0.2) is 121 Å². The molecule has 0 radical (unpaired) electrons.